The van der Waals surface area contributed by atoms with Crippen molar-refractivity contribution in [3.63, 3.8) is 0 Å². The summed E-state index contributed by atoms with van der Waals surface area (Å²) in [5.74, 6) is 0.163. The van der Waals surface area contributed by atoms with Gasteiger partial charge in [0.05, 0.1) is 12.3 Å². The second kappa shape index (κ2) is 9.33. The van der Waals surface area contributed by atoms with Gasteiger partial charge in [0.2, 0.25) is 5.82 Å². The molecule has 3 aromatic heterocycles. The number of nitrogens with zero attached hydrogens (tertiary/aromatic N) is 6. The van der Waals surface area contributed by atoms with Gasteiger partial charge in [0.1, 0.15) is 4.88 Å². The number of amides is 1. The first-order valence-electron chi connectivity index (χ1n) is 9.23. The first-order valence-corrected chi connectivity index (χ1v) is 10.0. The summed E-state index contributed by atoms with van der Waals surface area (Å²) in [5, 5.41) is 15.7. The number of aromatic nitrogens is 6. The molecule has 4 aromatic rings. The van der Waals surface area contributed by atoms with Crippen LogP contribution in [0.4, 0.5) is 0 Å². The Morgan fingerprint density at radius 2 is 2.00 bits per heavy atom. The Morgan fingerprint density at radius 3 is 2.80 bits per heavy atom. The lowest BCUT2D eigenvalue weighted by molar-refractivity contribution is 0.0459. The summed E-state index contributed by atoms with van der Waals surface area (Å²) in [6.07, 6.45) is 3.41. The maximum atomic E-state index is 12.5. The van der Waals surface area contributed by atoms with Crippen LogP contribution in [-0.4, -0.2) is 36.1 Å². The summed E-state index contributed by atoms with van der Waals surface area (Å²) in [5.41, 5.74) is 2.61. The molecule has 0 aliphatic heterocycles. The Labute approximate surface area is 176 Å². The number of carbonyl (C=O) groups excluding carboxylic acids is 1. The lowest BCUT2D eigenvalue weighted by Gasteiger charge is -2.03. The van der Waals surface area contributed by atoms with Gasteiger partial charge in [-0.3, -0.25) is 9.78 Å². The van der Waals surface area contributed by atoms with E-state index in [1.54, 1.807) is 19.3 Å². The third kappa shape index (κ3) is 4.91. The van der Waals surface area contributed by atoms with Gasteiger partial charge in [0, 0.05) is 18.9 Å². The minimum absolute atomic E-state index is 0.171. The fourth-order valence-corrected chi connectivity index (χ4v) is 3.58. The number of hydrogen-bond donors (Lipinski definition) is 1. The van der Waals surface area contributed by atoms with Crippen molar-refractivity contribution in [1.82, 2.24) is 35.5 Å². The predicted molar refractivity (Wildman–Crippen MR) is 110 cm³/mol. The van der Waals surface area contributed by atoms with Crippen LogP contribution in [0.2, 0.25) is 0 Å². The van der Waals surface area contributed by atoms with Crippen molar-refractivity contribution in [2.45, 2.75) is 26.8 Å². The molecule has 0 unspecified atom stereocenters. The van der Waals surface area contributed by atoms with Crippen molar-refractivity contribution in [1.29, 1.82) is 0 Å². The third-order valence-corrected chi connectivity index (χ3v) is 5.29. The molecule has 0 atom stereocenters. The summed E-state index contributed by atoms with van der Waals surface area (Å²) < 4.78 is 5.61. The number of ether oxygens (including phenoxy) is 1. The summed E-state index contributed by atoms with van der Waals surface area (Å²) in [7, 11) is 0. The Morgan fingerprint density at radius 1 is 1.17 bits per heavy atom. The van der Waals surface area contributed by atoms with E-state index in [1.807, 2.05) is 42.5 Å². The molecule has 1 N–H and O–H groups in total. The van der Waals surface area contributed by atoms with Crippen molar-refractivity contribution in [2.24, 2.45) is 0 Å². The van der Waals surface area contributed by atoms with Gasteiger partial charge in [-0.05, 0) is 29.3 Å². The van der Waals surface area contributed by atoms with Crippen LogP contribution in [0.25, 0.3) is 10.8 Å². The minimum Gasteiger partial charge on any atom is -0.353 e. The molecular formula is C20H19N7O2S. The lowest BCUT2D eigenvalue weighted by atomic mass is 10.2. The van der Waals surface area contributed by atoms with Crippen LogP contribution >= 0.6 is 11.3 Å². The van der Waals surface area contributed by atoms with Crippen molar-refractivity contribution in [2.75, 3.05) is 0 Å². The largest absolute Gasteiger partial charge is 0.353 e. The van der Waals surface area contributed by atoms with Gasteiger partial charge in [-0.15, -0.1) is 26.3 Å². The van der Waals surface area contributed by atoms with Gasteiger partial charge in [0.15, 0.2) is 11.7 Å². The molecule has 1 aromatic carbocycles. The average Bonchev–Trinajstić information content (AvgIpc) is 3.40. The molecule has 30 heavy (non-hydrogen) atoms. The highest BCUT2D eigenvalue weighted by Crippen LogP contribution is 2.25. The van der Waals surface area contributed by atoms with Crippen LogP contribution in [0.3, 0.4) is 0 Å². The molecule has 3 heterocycles. The van der Waals surface area contributed by atoms with Crippen molar-refractivity contribution >= 4 is 17.2 Å². The van der Waals surface area contributed by atoms with Crippen LogP contribution in [0.15, 0.2) is 54.9 Å². The third-order valence-electron chi connectivity index (χ3n) is 4.14. The van der Waals surface area contributed by atoms with E-state index >= 15 is 0 Å². The number of carbonyl (C=O) groups is 1. The number of tetrazole rings is 1. The lowest BCUT2D eigenvalue weighted by Crippen LogP contribution is -2.22. The Hall–Kier alpha value is -3.50. The minimum atomic E-state index is -0.196. The highest BCUT2D eigenvalue weighted by molar-refractivity contribution is 7.17. The van der Waals surface area contributed by atoms with E-state index in [-0.39, 0.29) is 12.6 Å². The Balaban J connectivity index is 1.36. The fraction of sp³-hybridized carbons (Fsp3) is 0.200. The van der Waals surface area contributed by atoms with Crippen LogP contribution < -0.4 is 5.32 Å². The Kier molecular flexibility index (Phi) is 6.16. The highest BCUT2D eigenvalue weighted by atomic mass is 32.1. The van der Waals surface area contributed by atoms with Crippen LogP contribution in [-0.2, 0) is 24.6 Å². The molecule has 0 aliphatic carbocycles. The van der Waals surface area contributed by atoms with Crippen molar-refractivity contribution in [3.8, 4) is 10.8 Å². The molecule has 4 rings (SSSR count). The molecule has 152 valence electrons. The van der Waals surface area contributed by atoms with E-state index in [1.165, 1.54) is 16.1 Å². The Bertz CT molecular complexity index is 1110. The molecule has 0 bridgehead atoms. The first kappa shape index (κ1) is 19.8. The number of thiazole rings is 1. The van der Waals surface area contributed by atoms with Gasteiger partial charge < -0.3 is 10.1 Å². The van der Waals surface area contributed by atoms with E-state index in [2.05, 4.69) is 30.7 Å². The van der Waals surface area contributed by atoms with Crippen molar-refractivity contribution < 1.29 is 9.53 Å². The van der Waals surface area contributed by atoms with E-state index in [0.29, 0.717) is 34.6 Å². The monoisotopic (exact) mass is 421 g/mol. The van der Waals surface area contributed by atoms with Gasteiger partial charge in [-0.25, -0.2) is 4.98 Å². The number of pyridine rings is 1. The van der Waals surface area contributed by atoms with E-state index in [4.69, 9.17) is 4.74 Å². The SMILES string of the molecule is Cc1nc(-c2nnn(COCc3ccccc3)n2)sc1C(=O)NCc1cccnc1. The van der Waals surface area contributed by atoms with Gasteiger partial charge in [0.25, 0.3) is 5.91 Å². The summed E-state index contributed by atoms with van der Waals surface area (Å²) in [6.45, 7) is 2.80. The van der Waals surface area contributed by atoms with Crippen LogP contribution in [0, 0.1) is 6.92 Å². The van der Waals surface area contributed by atoms with Crippen molar-refractivity contribution in [3.05, 3.63) is 76.6 Å². The summed E-state index contributed by atoms with van der Waals surface area (Å²) in [6, 6.07) is 13.6. The van der Waals surface area contributed by atoms with Gasteiger partial charge >= 0.3 is 0 Å². The molecule has 10 heteroatoms. The molecule has 1 amide bonds. The number of nitrogens with one attached hydrogen (secondary N) is 1. The number of benzene rings is 1. The molecule has 9 nitrogen and oxygen atoms in total. The normalized spacial score (nSPS) is 10.8. The van der Waals surface area contributed by atoms with E-state index in [9.17, 15) is 4.79 Å². The van der Waals surface area contributed by atoms with Crippen LogP contribution in [0.5, 0.6) is 0 Å². The summed E-state index contributed by atoms with van der Waals surface area (Å²) >= 11 is 1.23. The smallest absolute Gasteiger partial charge is 0.263 e. The zero-order valence-electron chi connectivity index (χ0n) is 16.2. The van der Waals surface area contributed by atoms with Gasteiger partial charge in [-0.2, -0.15) is 0 Å². The predicted octanol–water partition coefficient (Wildman–Crippen LogP) is 2.60. The topological polar surface area (TPSA) is 108 Å². The maximum Gasteiger partial charge on any atom is 0.263 e. The molecule has 0 radical (unpaired) electrons. The highest BCUT2D eigenvalue weighted by Gasteiger charge is 2.19. The van der Waals surface area contributed by atoms with E-state index in [0.717, 1.165) is 11.1 Å². The first-order chi connectivity index (χ1) is 14.7. The quantitative estimate of drug-likeness (QED) is 0.466. The molecule has 0 saturated heterocycles. The van der Waals surface area contributed by atoms with E-state index < -0.39 is 0 Å². The summed E-state index contributed by atoms with van der Waals surface area (Å²) in [4.78, 5) is 22.9. The second-order valence-corrected chi connectivity index (χ2v) is 7.43. The average molecular weight is 421 g/mol. The molecule has 0 saturated carbocycles. The maximum absolute atomic E-state index is 12.5. The zero-order chi connectivity index (χ0) is 20.8. The number of hydrogen-bond acceptors (Lipinski definition) is 8. The number of rotatable bonds is 8. The molecule has 0 fully saturated rings. The molecule has 0 spiro atoms. The fourth-order valence-electron chi connectivity index (χ4n) is 2.67. The standard InChI is InChI=1S/C20H19N7O2S/c1-14-17(19(28)22-11-16-8-5-9-21-10-16)30-20(23-14)18-24-26-27(25-18)13-29-12-15-6-3-2-4-7-15/h2-10H,11-13H2,1H3,(H,22,28). The zero-order valence-corrected chi connectivity index (χ0v) is 17.0. The van der Waals surface area contributed by atoms with Crippen LogP contribution in [0.1, 0.15) is 26.5 Å². The molecule has 0 aliphatic rings. The molecular weight excluding hydrogens is 402 g/mol. The number of aryl methyl sites for hydroxylation is 1. The second-order valence-electron chi connectivity index (χ2n) is 6.43. The van der Waals surface area contributed by atoms with Gasteiger partial charge in [-0.1, -0.05) is 36.4 Å².